The summed E-state index contributed by atoms with van der Waals surface area (Å²) in [6.45, 7) is 1.84. The van der Waals surface area contributed by atoms with E-state index in [2.05, 4.69) is 18.4 Å². The summed E-state index contributed by atoms with van der Waals surface area (Å²) in [5, 5.41) is 1.91. The molecule has 0 saturated heterocycles. The lowest BCUT2D eigenvalue weighted by Gasteiger charge is -2.31. The van der Waals surface area contributed by atoms with Crippen molar-refractivity contribution in [3.8, 4) is 0 Å². The van der Waals surface area contributed by atoms with Gasteiger partial charge < -0.3 is 10.2 Å². The lowest BCUT2D eigenvalue weighted by atomic mass is 9.80. The lowest BCUT2D eigenvalue weighted by Crippen LogP contribution is -2.38. The van der Waals surface area contributed by atoms with E-state index in [1.807, 2.05) is 11.2 Å². The zero-order valence-electron chi connectivity index (χ0n) is 19.1. The van der Waals surface area contributed by atoms with Crippen LogP contribution in [-0.2, 0) is 14.8 Å². The Labute approximate surface area is 203 Å². The first-order valence-electron chi connectivity index (χ1n) is 11.5. The number of sulfonamides is 1. The first-order valence-corrected chi connectivity index (χ1v) is 12.9. The van der Waals surface area contributed by atoms with Gasteiger partial charge in [-0.1, -0.05) is 24.6 Å². The molecule has 1 heterocycles. The van der Waals surface area contributed by atoms with E-state index in [9.17, 15) is 22.0 Å². The zero-order valence-corrected chi connectivity index (χ0v) is 19.9. The quantitative estimate of drug-likeness (QED) is 0.578. The number of carbonyl (C=O) groups excluding carboxylic acids is 1. The van der Waals surface area contributed by atoms with Gasteiger partial charge in [-0.2, -0.15) is 4.31 Å². The second kappa shape index (κ2) is 9.05. The number of nitrogens with zero attached hydrogens (tertiary/aromatic N) is 2. The molecule has 1 N–H and O–H groups in total. The molecule has 2 atom stereocenters. The summed E-state index contributed by atoms with van der Waals surface area (Å²) in [7, 11) is -4.18. The number of benzene rings is 2. The Bertz CT molecular complexity index is 1370. The standard InChI is InChI=1S/C26H25F2N3O3S/c1-17-22-15-29-31(21-10-8-20(27)9-11-21)24(22)14-18-6-7-19(26(17)18)16-30(12-13-32)35(33,34)25-5-3-2-4-23(25)28/h2-5,8-11,13-15,17,19,29H,6-7,12,16H2,1H3/t17-,19+/m0/s1. The molecule has 35 heavy (non-hydrogen) atoms. The van der Waals surface area contributed by atoms with Gasteiger partial charge in [-0.25, -0.2) is 17.2 Å². The second-order valence-electron chi connectivity index (χ2n) is 8.93. The number of hydrogen-bond donors (Lipinski definition) is 1. The first-order chi connectivity index (χ1) is 16.8. The number of rotatable bonds is 7. The van der Waals surface area contributed by atoms with Gasteiger partial charge in [-0.05, 0) is 66.8 Å². The average molecular weight is 498 g/mol. The van der Waals surface area contributed by atoms with Gasteiger partial charge in [0, 0.05) is 24.2 Å². The molecule has 9 heteroatoms. The Morgan fingerprint density at radius 2 is 1.89 bits per heavy atom. The van der Waals surface area contributed by atoms with Crippen molar-refractivity contribution in [1.29, 1.82) is 0 Å². The van der Waals surface area contributed by atoms with Crippen LogP contribution in [0.1, 0.15) is 19.8 Å². The Morgan fingerprint density at radius 3 is 2.60 bits per heavy atom. The van der Waals surface area contributed by atoms with Crippen LogP contribution in [0.2, 0.25) is 0 Å². The lowest BCUT2D eigenvalue weighted by molar-refractivity contribution is -0.108. The molecule has 0 fully saturated rings. The van der Waals surface area contributed by atoms with Crippen molar-refractivity contribution < 1.29 is 22.0 Å². The molecular weight excluding hydrogens is 472 g/mol. The van der Waals surface area contributed by atoms with Gasteiger partial charge in [-0.3, -0.25) is 5.01 Å². The maximum absolute atomic E-state index is 14.3. The number of aldehydes is 1. The summed E-state index contributed by atoms with van der Waals surface area (Å²) in [4.78, 5) is 10.9. The van der Waals surface area contributed by atoms with Crippen LogP contribution in [0.3, 0.4) is 0 Å². The molecule has 3 aliphatic rings. The van der Waals surface area contributed by atoms with E-state index in [1.54, 1.807) is 12.1 Å². The number of halogens is 2. The third-order valence-corrected chi connectivity index (χ3v) is 8.81. The predicted octanol–water partition coefficient (Wildman–Crippen LogP) is 4.30. The number of carbonyl (C=O) groups is 1. The van der Waals surface area contributed by atoms with Gasteiger partial charge in [-0.15, -0.1) is 0 Å². The van der Waals surface area contributed by atoms with Crippen LogP contribution >= 0.6 is 0 Å². The maximum atomic E-state index is 14.3. The van der Waals surface area contributed by atoms with Crippen LogP contribution in [0.25, 0.3) is 0 Å². The SMILES string of the molecule is C[C@H]1C2=CNN(c3ccc(F)cc3)C2=CC2=C1[C@@H](CN(CC=O)S(=O)(=O)c1ccccc1F)CC2. The van der Waals surface area contributed by atoms with E-state index < -0.39 is 20.7 Å². The van der Waals surface area contributed by atoms with E-state index in [1.165, 1.54) is 30.3 Å². The smallest absolute Gasteiger partial charge is 0.246 e. The van der Waals surface area contributed by atoms with E-state index in [0.29, 0.717) is 6.29 Å². The highest BCUT2D eigenvalue weighted by atomic mass is 32.2. The predicted molar refractivity (Wildman–Crippen MR) is 128 cm³/mol. The Balaban J connectivity index is 1.45. The highest BCUT2D eigenvalue weighted by Gasteiger charge is 2.40. The topological polar surface area (TPSA) is 69.7 Å². The minimum absolute atomic E-state index is 0.0182. The number of anilines is 1. The number of nitrogens with one attached hydrogen (secondary N) is 1. The molecule has 2 aromatic carbocycles. The molecule has 0 amide bonds. The van der Waals surface area contributed by atoms with Crippen molar-refractivity contribution in [3.05, 3.63) is 94.9 Å². The van der Waals surface area contributed by atoms with Crippen molar-refractivity contribution in [1.82, 2.24) is 9.73 Å². The number of hydrogen-bond acceptors (Lipinski definition) is 5. The van der Waals surface area contributed by atoms with Gasteiger partial charge in [0.05, 0.1) is 17.9 Å². The monoisotopic (exact) mass is 497 g/mol. The van der Waals surface area contributed by atoms with E-state index in [0.717, 1.165) is 51.3 Å². The fourth-order valence-corrected chi connectivity index (χ4v) is 6.78. The summed E-state index contributed by atoms with van der Waals surface area (Å²) in [6.07, 6.45) is 6.05. The van der Waals surface area contributed by atoms with Crippen LogP contribution in [0, 0.1) is 23.5 Å². The number of hydrazine groups is 1. The van der Waals surface area contributed by atoms with E-state index in [-0.39, 0.29) is 30.7 Å². The highest BCUT2D eigenvalue weighted by molar-refractivity contribution is 7.89. The largest absolute Gasteiger partial charge is 0.302 e. The van der Waals surface area contributed by atoms with Crippen LogP contribution < -0.4 is 10.4 Å². The molecule has 0 saturated carbocycles. The maximum Gasteiger partial charge on any atom is 0.246 e. The third-order valence-electron chi connectivity index (χ3n) is 6.94. The van der Waals surface area contributed by atoms with Crippen molar-refractivity contribution in [2.45, 2.75) is 24.7 Å². The second-order valence-corrected chi connectivity index (χ2v) is 10.8. The minimum Gasteiger partial charge on any atom is -0.302 e. The third kappa shape index (κ3) is 4.08. The molecule has 0 spiro atoms. The molecule has 0 aromatic heterocycles. The molecule has 1 aliphatic heterocycles. The van der Waals surface area contributed by atoms with Crippen molar-refractivity contribution >= 4 is 22.0 Å². The Hall–Kier alpha value is -3.30. The summed E-state index contributed by atoms with van der Waals surface area (Å²) >= 11 is 0. The molecule has 2 aliphatic carbocycles. The fraction of sp³-hybridized carbons (Fsp3) is 0.269. The van der Waals surface area contributed by atoms with Crippen LogP contribution in [0.4, 0.5) is 14.5 Å². The molecule has 5 rings (SSSR count). The van der Waals surface area contributed by atoms with Crippen molar-refractivity contribution in [2.75, 3.05) is 18.1 Å². The van der Waals surface area contributed by atoms with E-state index >= 15 is 0 Å². The average Bonchev–Trinajstić information content (AvgIpc) is 3.44. The van der Waals surface area contributed by atoms with Gasteiger partial charge >= 0.3 is 0 Å². The van der Waals surface area contributed by atoms with Gasteiger partial charge in [0.25, 0.3) is 0 Å². The zero-order chi connectivity index (χ0) is 24.7. The van der Waals surface area contributed by atoms with E-state index in [4.69, 9.17) is 0 Å². The molecule has 182 valence electrons. The molecule has 6 nitrogen and oxygen atoms in total. The Kier molecular flexibility index (Phi) is 6.06. The summed E-state index contributed by atoms with van der Waals surface area (Å²) in [5.74, 6) is -1.22. The van der Waals surface area contributed by atoms with Crippen molar-refractivity contribution in [3.63, 3.8) is 0 Å². The van der Waals surface area contributed by atoms with Crippen molar-refractivity contribution in [2.24, 2.45) is 11.8 Å². The van der Waals surface area contributed by atoms with Crippen LogP contribution in [0.15, 0.2) is 88.1 Å². The minimum atomic E-state index is -4.18. The van der Waals surface area contributed by atoms with Gasteiger partial charge in [0.15, 0.2) is 0 Å². The van der Waals surface area contributed by atoms with Gasteiger partial charge in [0.1, 0.15) is 22.8 Å². The molecule has 0 unspecified atom stereocenters. The summed E-state index contributed by atoms with van der Waals surface area (Å²) in [5.41, 5.74) is 8.36. The number of allylic oxidation sites excluding steroid dienone is 3. The van der Waals surface area contributed by atoms with Gasteiger partial charge in [0.2, 0.25) is 10.0 Å². The Morgan fingerprint density at radius 1 is 1.14 bits per heavy atom. The highest BCUT2D eigenvalue weighted by Crippen LogP contribution is 2.48. The summed E-state index contributed by atoms with van der Waals surface area (Å²) in [6, 6.07) is 11.5. The van der Waals surface area contributed by atoms with Crippen LogP contribution in [0.5, 0.6) is 0 Å². The number of fused-ring (bicyclic) bond motifs is 1. The summed E-state index contributed by atoms with van der Waals surface area (Å²) < 4.78 is 55.2. The van der Waals surface area contributed by atoms with Crippen LogP contribution in [-0.4, -0.2) is 32.1 Å². The molecule has 0 radical (unpaired) electrons. The molecule has 2 aromatic rings. The molecule has 0 bridgehead atoms. The normalized spacial score (nSPS) is 21.4. The fourth-order valence-electron chi connectivity index (χ4n) is 5.30. The first kappa shape index (κ1) is 23.4. The molecular formula is C26H25F2N3O3S.